The Kier molecular flexibility index (Phi) is 5.16. The molecule has 0 aliphatic heterocycles. The predicted molar refractivity (Wildman–Crippen MR) is 78.6 cm³/mol. The Balaban J connectivity index is 2.04. The Labute approximate surface area is 116 Å². The topological polar surface area (TPSA) is 37.4 Å². The lowest BCUT2D eigenvalue weighted by Gasteiger charge is -2.19. The van der Waals surface area contributed by atoms with Crippen molar-refractivity contribution in [3.05, 3.63) is 23.4 Å². The summed E-state index contributed by atoms with van der Waals surface area (Å²) in [7, 11) is 3.80. The van der Waals surface area contributed by atoms with Crippen LogP contribution in [0.2, 0.25) is 0 Å². The zero-order chi connectivity index (χ0) is 13.7. The Morgan fingerprint density at radius 3 is 2.84 bits per heavy atom. The number of aryl methyl sites for hydroxylation is 1. The molecule has 0 unspecified atom stereocenters. The van der Waals surface area contributed by atoms with E-state index in [-0.39, 0.29) is 0 Å². The second-order valence-corrected chi connectivity index (χ2v) is 5.25. The second kappa shape index (κ2) is 6.87. The standard InChI is InChI=1S/C15H25N3O/c1-4-13-9-12(11-16-14-5-6-14)10-15(17-13)18(2)7-8-19-3/h9-10,14,16H,4-8,11H2,1-3H3. The summed E-state index contributed by atoms with van der Waals surface area (Å²) in [5, 5.41) is 3.56. The van der Waals surface area contributed by atoms with Crippen LogP contribution in [-0.4, -0.2) is 38.3 Å². The molecule has 1 aromatic heterocycles. The molecule has 0 spiro atoms. The first-order chi connectivity index (χ1) is 9.22. The van der Waals surface area contributed by atoms with Gasteiger partial charge in [0, 0.05) is 39.0 Å². The van der Waals surface area contributed by atoms with Crippen LogP contribution in [0.4, 0.5) is 5.82 Å². The Hall–Kier alpha value is -1.13. The number of ether oxygens (including phenoxy) is 1. The molecule has 1 fully saturated rings. The van der Waals surface area contributed by atoms with Crippen molar-refractivity contribution < 1.29 is 4.74 Å². The first kappa shape index (κ1) is 14.3. The van der Waals surface area contributed by atoms with E-state index in [1.54, 1.807) is 7.11 Å². The molecule has 1 N–H and O–H groups in total. The van der Waals surface area contributed by atoms with Crippen molar-refractivity contribution in [2.24, 2.45) is 0 Å². The molecular formula is C15H25N3O. The minimum absolute atomic E-state index is 0.726. The van der Waals surface area contributed by atoms with Crippen molar-refractivity contribution >= 4 is 5.82 Å². The third-order valence-corrected chi connectivity index (χ3v) is 3.48. The van der Waals surface area contributed by atoms with Gasteiger partial charge in [-0.2, -0.15) is 0 Å². The summed E-state index contributed by atoms with van der Waals surface area (Å²) in [6, 6.07) is 5.14. The van der Waals surface area contributed by atoms with Gasteiger partial charge in [-0.05, 0) is 37.0 Å². The first-order valence-electron chi connectivity index (χ1n) is 7.16. The van der Waals surface area contributed by atoms with E-state index < -0.39 is 0 Å². The van der Waals surface area contributed by atoms with E-state index in [9.17, 15) is 0 Å². The molecule has 0 amide bonds. The van der Waals surface area contributed by atoms with Crippen molar-refractivity contribution in [1.82, 2.24) is 10.3 Å². The van der Waals surface area contributed by atoms with Crippen LogP contribution in [0.5, 0.6) is 0 Å². The van der Waals surface area contributed by atoms with Crippen LogP contribution in [0.25, 0.3) is 0 Å². The van der Waals surface area contributed by atoms with Crippen molar-refractivity contribution in [2.75, 3.05) is 32.2 Å². The van der Waals surface area contributed by atoms with Crippen LogP contribution in [0.1, 0.15) is 31.0 Å². The van der Waals surface area contributed by atoms with Gasteiger partial charge in [-0.25, -0.2) is 4.98 Å². The second-order valence-electron chi connectivity index (χ2n) is 5.25. The van der Waals surface area contributed by atoms with E-state index in [0.29, 0.717) is 0 Å². The number of hydrogen-bond acceptors (Lipinski definition) is 4. The van der Waals surface area contributed by atoms with Gasteiger partial charge in [-0.3, -0.25) is 0 Å². The molecule has 4 heteroatoms. The van der Waals surface area contributed by atoms with Crippen LogP contribution >= 0.6 is 0 Å². The molecular weight excluding hydrogens is 238 g/mol. The summed E-state index contributed by atoms with van der Waals surface area (Å²) >= 11 is 0. The van der Waals surface area contributed by atoms with Gasteiger partial charge < -0.3 is 15.0 Å². The van der Waals surface area contributed by atoms with E-state index >= 15 is 0 Å². The molecule has 0 aromatic carbocycles. The Morgan fingerprint density at radius 2 is 2.21 bits per heavy atom. The maximum absolute atomic E-state index is 5.13. The van der Waals surface area contributed by atoms with Crippen molar-refractivity contribution in [3.63, 3.8) is 0 Å². The largest absolute Gasteiger partial charge is 0.383 e. The Morgan fingerprint density at radius 1 is 1.42 bits per heavy atom. The molecule has 19 heavy (non-hydrogen) atoms. The molecule has 4 nitrogen and oxygen atoms in total. The summed E-state index contributed by atoms with van der Waals surface area (Å²) < 4.78 is 5.13. The van der Waals surface area contributed by atoms with Crippen molar-refractivity contribution in [1.29, 1.82) is 0 Å². The smallest absolute Gasteiger partial charge is 0.128 e. The molecule has 106 valence electrons. The summed E-state index contributed by atoms with van der Waals surface area (Å²) in [4.78, 5) is 6.85. The maximum atomic E-state index is 5.13. The van der Waals surface area contributed by atoms with E-state index in [1.807, 2.05) is 0 Å². The molecule has 1 aromatic rings. The lowest BCUT2D eigenvalue weighted by molar-refractivity contribution is 0.206. The number of rotatable bonds is 8. The van der Waals surface area contributed by atoms with Gasteiger partial charge in [0.1, 0.15) is 5.82 Å². The van der Waals surface area contributed by atoms with Crippen molar-refractivity contribution in [3.8, 4) is 0 Å². The number of hydrogen-bond donors (Lipinski definition) is 1. The number of aromatic nitrogens is 1. The summed E-state index contributed by atoms with van der Waals surface area (Å²) in [5.74, 6) is 1.05. The van der Waals surface area contributed by atoms with Crippen LogP contribution in [0, 0.1) is 0 Å². The molecule has 0 radical (unpaired) electrons. The summed E-state index contributed by atoms with van der Waals surface area (Å²) in [6.07, 6.45) is 3.63. The molecule has 1 aliphatic carbocycles. The van der Waals surface area contributed by atoms with Gasteiger partial charge in [0.2, 0.25) is 0 Å². The molecule has 1 saturated carbocycles. The Bertz CT molecular complexity index is 404. The molecule has 2 rings (SSSR count). The lowest BCUT2D eigenvalue weighted by Crippen LogP contribution is -2.24. The first-order valence-corrected chi connectivity index (χ1v) is 7.16. The zero-order valence-electron chi connectivity index (χ0n) is 12.3. The lowest BCUT2D eigenvalue weighted by atomic mass is 10.2. The number of nitrogens with one attached hydrogen (secondary N) is 1. The van der Waals surface area contributed by atoms with Gasteiger partial charge in [0.15, 0.2) is 0 Å². The van der Waals surface area contributed by atoms with Gasteiger partial charge in [-0.1, -0.05) is 6.92 Å². The fraction of sp³-hybridized carbons (Fsp3) is 0.667. The van der Waals surface area contributed by atoms with Gasteiger partial charge in [0.25, 0.3) is 0 Å². The van der Waals surface area contributed by atoms with Crippen LogP contribution in [0.3, 0.4) is 0 Å². The average Bonchev–Trinajstić information content (AvgIpc) is 3.26. The normalized spacial score (nSPS) is 14.7. The van der Waals surface area contributed by atoms with Crippen LogP contribution in [-0.2, 0) is 17.7 Å². The van der Waals surface area contributed by atoms with E-state index in [2.05, 4.69) is 36.3 Å². The van der Waals surface area contributed by atoms with E-state index in [0.717, 1.165) is 43.7 Å². The summed E-state index contributed by atoms with van der Waals surface area (Å²) in [5.41, 5.74) is 2.49. The van der Waals surface area contributed by atoms with Gasteiger partial charge >= 0.3 is 0 Å². The number of anilines is 1. The molecule has 0 saturated heterocycles. The average molecular weight is 263 g/mol. The summed E-state index contributed by atoms with van der Waals surface area (Å²) in [6.45, 7) is 4.70. The van der Waals surface area contributed by atoms with E-state index in [1.165, 1.54) is 18.4 Å². The molecule has 1 aliphatic rings. The third-order valence-electron chi connectivity index (χ3n) is 3.48. The third kappa shape index (κ3) is 4.48. The number of likely N-dealkylation sites (N-methyl/N-ethyl adjacent to an activating group) is 1. The highest BCUT2D eigenvalue weighted by atomic mass is 16.5. The van der Waals surface area contributed by atoms with Crippen molar-refractivity contribution in [2.45, 2.75) is 38.8 Å². The van der Waals surface area contributed by atoms with Gasteiger partial charge in [0.05, 0.1) is 6.61 Å². The number of methoxy groups -OCH3 is 1. The van der Waals surface area contributed by atoms with E-state index in [4.69, 9.17) is 9.72 Å². The minimum Gasteiger partial charge on any atom is -0.383 e. The fourth-order valence-electron chi connectivity index (χ4n) is 2.00. The monoisotopic (exact) mass is 263 g/mol. The highest BCUT2D eigenvalue weighted by Gasteiger charge is 2.20. The highest BCUT2D eigenvalue weighted by molar-refractivity contribution is 5.42. The van der Waals surface area contributed by atoms with Crippen LogP contribution < -0.4 is 10.2 Å². The quantitative estimate of drug-likeness (QED) is 0.778. The van der Waals surface area contributed by atoms with Crippen LogP contribution in [0.15, 0.2) is 12.1 Å². The highest BCUT2D eigenvalue weighted by Crippen LogP contribution is 2.20. The van der Waals surface area contributed by atoms with Gasteiger partial charge in [-0.15, -0.1) is 0 Å². The maximum Gasteiger partial charge on any atom is 0.128 e. The molecule has 1 heterocycles. The minimum atomic E-state index is 0.726. The SMILES string of the molecule is CCc1cc(CNC2CC2)cc(N(C)CCOC)n1. The zero-order valence-corrected chi connectivity index (χ0v) is 12.3. The molecule has 0 bridgehead atoms. The predicted octanol–water partition coefficient (Wildman–Crippen LogP) is 1.98. The number of pyridine rings is 1. The molecule has 0 atom stereocenters. The number of nitrogens with zero attached hydrogens (tertiary/aromatic N) is 2. The fourth-order valence-corrected chi connectivity index (χ4v) is 2.00.